The Hall–Kier alpha value is -1.20. The maximum absolute atomic E-state index is 4.39. The van der Waals surface area contributed by atoms with Crippen LogP contribution >= 0.6 is 0 Å². The average molecular weight is 277 g/mol. The SMILES string of the molecule is CC(C)NCc1ccc(N2CCN(C)C(C)(C)C2)nn1. The number of hydrogen-bond acceptors (Lipinski definition) is 5. The van der Waals surface area contributed by atoms with Crippen molar-refractivity contribution >= 4 is 5.82 Å². The van der Waals surface area contributed by atoms with Crippen LogP contribution in [0.4, 0.5) is 5.82 Å². The third kappa shape index (κ3) is 3.67. The van der Waals surface area contributed by atoms with Gasteiger partial charge in [-0.2, -0.15) is 5.10 Å². The number of rotatable bonds is 4. The minimum Gasteiger partial charge on any atom is -0.352 e. The molecule has 0 aliphatic carbocycles. The van der Waals surface area contributed by atoms with E-state index < -0.39 is 0 Å². The van der Waals surface area contributed by atoms with Gasteiger partial charge in [0.2, 0.25) is 0 Å². The topological polar surface area (TPSA) is 44.3 Å². The standard InChI is InChI=1S/C15H27N5/c1-12(2)16-10-13-6-7-14(18-17-13)20-9-8-19(5)15(3,4)11-20/h6-7,12,16H,8-11H2,1-5H3. The summed E-state index contributed by atoms with van der Waals surface area (Å²) in [5, 5.41) is 12.1. The first kappa shape index (κ1) is 15.2. The van der Waals surface area contributed by atoms with E-state index in [1.807, 2.05) is 0 Å². The van der Waals surface area contributed by atoms with Gasteiger partial charge in [-0.1, -0.05) is 13.8 Å². The van der Waals surface area contributed by atoms with Crippen molar-refractivity contribution < 1.29 is 0 Å². The molecule has 0 unspecified atom stereocenters. The largest absolute Gasteiger partial charge is 0.352 e. The van der Waals surface area contributed by atoms with Crippen LogP contribution in [0.3, 0.4) is 0 Å². The van der Waals surface area contributed by atoms with Gasteiger partial charge >= 0.3 is 0 Å². The molecule has 5 nitrogen and oxygen atoms in total. The fourth-order valence-corrected chi connectivity index (χ4v) is 2.36. The van der Waals surface area contributed by atoms with Gasteiger partial charge in [-0.25, -0.2) is 0 Å². The van der Waals surface area contributed by atoms with E-state index in [0.717, 1.165) is 37.7 Å². The van der Waals surface area contributed by atoms with Crippen LogP contribution < -0.4 is 10.2 Å². The fraction of sp³-hybridized carbons (Fsp3) is 0.733. The number of piperazine rings is 1. The molecule has 1 aliphatic heterocycles. The molecule has 112 valence electrons. The Balaban J connectivity index is 1.99. The van der Waals surface area contributed by atoms with Crippen LogP contribution in [0.15, 0.2) is 12.1 Å². The molecule has 1 aliphatic rings. The van der Waals surface area contributed by atoms with Gasteiger partial charge in [0.1, 0.15) is 0 Å². The predicted octanol–water partition coefficient (Wildman–Crippen LogP) is 1.50. The van der Waals surface area contributed by atoms with E-state index in [9.17, 15) is 0 Å². The monoisotopic (exact) mass is 277 g/mol. The van der Waals surface area contributed by atoms with Crippen molar-refractivity contribution in [3.05, 3.63) is 17.8 Å². The van der Waals surface area contributed by atoms with Gasteiger partial charge in [0.25, 0.3) is 0 Å². The Morgan fingerprint density at radius 1 is 1.25 bits per heavy atom. The quantitative estimate of drug-likeness (QED) is 0.903. The zero-order chi connectivity index (χ0) is 14.8. The van der Waals surface area contributed by atoms with E-state index in [0.29, 0.717) is 6.04 Å². The molecular weight excluding hydrogens is 250 g/mol. The normalized spacial score (nSPS) is 19.6. The molecule has 5 heteroatoms. The molecule has 2 heterocycles. The summed E-state index contributed by atoms with van der Waals surface area (Å²) in [5.41, 5.74) is 1.17. The van der Waals surface area contributed by atoms with Gasteiger partial charge in [0.15, 0.2) is 5.82 Å². The third-order valence-corrected chi connectivity index (χ3v) is 4.04. The van der Waals surface area contributed by atoms with Gasteiger partial charge in [-0.3, -0.25) is 4.90 Å². The molecule has 1 aromatic heterocycles. The summed E-state index contributed by atoms with van der Waals surface area (Å²) in [4.78, 5) is 4.73. The third-order valence-electron chi connectivity index (χ3n) is 4.04. The molecule has 0 saturated carbocycles. The summed E-state index contributed by atoms with van der Waals surface area (Å²) in [6.45, 7) is 12.6. The molecule has 0 radical (unpaired) electrons. The smallest absolute Gasteiger partial charge is 0.151 e. The Kier molecular flexibility index (Phi) is 4.60. The van der Waals surface area contributed by atoms with Gasteiger partial charge < -0.3 is 10.2 Å². The second-order valence-corrected chi connectivity index (χ2v) is 6.57. The van der Waals surface area contributed by atoms with Crippen LogP contribution in [0.5, 0.6) is 0 Å². The summed E-state index contributed by atoms with van der Waals surface area (Å²) in [7, 11) is 2.18. The van der Waals surface area contributed by atoms with Crippen molar-refractivity contribution in [1.82, 2.24) is 20.4 Å². The van der Waals surface area contributed by atoms with Crippen LogP contribution in [-0.2, 0) is 6.54 Å². The van der Waals surface area contributed by atoms with Crippen LogP contribution in [0.2, 0.25) is 0 Å². The summed E-state index contributed by atoms with van der Waals surface area (Å²) in [5.74, 6) is 0.986. The highest BCUT2D eigenvalue weighted by Crippen LogP contribution is 2.22. The lowest BCUT2D eigenvalue weighted by Gasteiger charge is -2.45. The van der Waals surface area contributed by atoms with E-state index in [1.54, 1.807) is 0 Å². The number of anilines is 1. The summed E-state index contributed by atoms with van der Waals surface area (Å²) >= 11 is 0. The molecule has 20 heavy (non-hydrogen) atoms. The second-order valence-electron chi connectivity index (χ2n) is 6.57. The molecule has 1 aromatic rings. The Bertz CT molecular complexity index is 426. The van der Waals surface area contributed by atoms with E-state index in [-0.39, 0.29) is 5.54 Å². The van der Waals surface area contributed by atoms with Crippen LogP contribution in [0, 0.1) is 0 Å². The van der Waals surface area contributed by atoms with Crippen molar-refractivity contribution in [2.24, 2.45) is 0 Å². The zero-order valence-electron chi connectivity index (χ0n) is 13.3. The van der Waals surface area contributed by atoms with Crippen molar-refractivity contribution in [2.45, 2.75) is 45.8 Å². The number of aromatic nitrogens is 2. The minimum absolute atomic E-state index is 0.178. The molecule has 0 aromatic carbocycles. The van der Waals surface area contributed by atoms with Crippen LogP contribution in [-0.4, -0.2) is 53.4 Å². The Morgan fingerprint density at radius 3 is 2.55 bits per heavy atom. The molecule has 1 saturated heterocycles. The zero-order valence-corrected chi connectivity index (χ0v) is 13.3. The van der Waals surface area contributed by atoms with Crippen LogP contribution in [0.1, 0.15) is 33.4 Å². The molecule has 1 fully saturated rings. The predicted molar refractivity (Wildman–Crippen MR) is 82.9 cm³/mol. The molecule has 0 atom stereocenters. The van der Waals surface area contributed by atoms with E-state index in [1.165, 1.54) is 0 Å². The number of likely N-dealkylation sites (N-methyl/N-ethyl adjacent to an activating group) is 1. The first-order valence-corrected chi connectivity index (χ1v) is 7.41. The second kappa shape index (κ2) is 6.06. The maximum atomic E-state index is 4.39. The molecule has 0 bridgehead atoms. The number of nitrogens with one attached hydrogen (secondary N) is 1. The number of hydrogen-bond donors (Lipinski definition) is 1. The highest BCUT2D eigenvalue weighted by molar-refractivity contribution is 5.39. The maximum Gasteiger partial charge on any atom is 0.151 e. The van der Waals surface area contributed by atoms with E-state index in [2.05, 4.69) is 72.2 Å². The molecule has 0 spiro atoms. The lowest BCUT2D eigenvalue weighted by Crippen LogP contribution is -2.57. The summed E-state index contributed by atoms with van der Waals surface area (Å²) < 4.78 is 0. The van der Waals surface area contributed by atoms with Crippen molar-refractivity contribution in [3.63, 3.8) is 0 Å². The Morgan fingerprint density at radius 2 is 2.00 bits per heavy atom. The first-order chi connectivity index (χ1) is 9.38. The van der Waals surface area contributed by atoms with Gasteiger partial charge in [0, 0.05) is 37.8 Å². The average Bonchev–Trinajstić information content (AvgIpc) is 2.40. The van der Waals surface area contributed by atoms with Crippen molar-refractivity contribution in [3.8, 4) is 0 Å². The molecular formula is C15H27N5. The van der Waals surface area contributed by atoms with Crippen molar-refractivity contribution in [1.29, 1.82) is 0 Å². The van der Waals surface area contributed by atoms with E-state index in [4.69, 9.17) is 0 Å². The van der Waals surface area contributed by atoms with Crippen LogP contribution in [0.25, 0.3) is 0 Å². The van der Waals surface area contributed by atoms with Gasteiger partial charge in [-0.05, 0) is 33.0 Å². The molecule has 2 rings (SSSR count). The molecule has 0 amide bonds. The first-order valence-electron chi connectivity index (χ1n) is 7.41. The lowest BCUT2D eigenvalue weighted by molar-refractivity contribution is 0.138. The van der Waals surface area contributed by atoms with Gasteiger partial charge in [0.05, 0.1) is 5.69 Å². The lowest BCUT2D eigenvalue weighted by atomic mass is 10.00. The Labute approximate surface area is 122 Å². The molecule has 1 N–H and O–H groups in total. The van der Waals surface area contributed by atoms with Crippen molar-refractivity contribution in [2.75, 3.05) is 31.6 Å². The highest BCUT2D eigenvalue weighted by Gasteiger charge is 2.31. The van der Waals surface area contributed by atoms with E-state index >= 15 is 0 Å². The van der Waals surface area contributed by atoms with Gasteiger partial charge in [-0.15, -0.1) is 5.10 Å². The minimum atomic E-state index is 0.178. The summed E-state index contributed by atoms with van der Waals surface area (Å²) in [6, 6.07) is 4.63. The highest BCUT2D eigenvalue weighted by atomic mass is 15.3. The fourth-order valence-electron chi connectivity index (χ4n) is 2.36. The number of nitrogens with zero attached hydrogens (tertiary/aromatic N) is 4. The summed E-state index contributed by atoms with van der Waals surface area (Å²) in [6.07, 6.45) is 0.